The van der Waals surface area contributed by atoms with Crippen molar-refractivity contribution in [3.63, 3.8) is 0 Å². The Balaban J connectivity index is 0.00000256. The summed E-state index contributed by atoms with van der Waals surface area (Å²) in [5, 5.41) is 0. The van der Waals surface area contributed by atoms with Gasteiger partial charge in [-0.2, -0.15) is 0 Å². The first-order valence-electron chi connectivity index (χ1n) is 5.68. The van der Waals surface area contributed by atoms with E-state index in [0.29, 0.717) is 6.42 Å². The second-order valence-corrected chi connectivity index (χ2v) is 4.62. The number of hydrogen-bond acceptors (Lipinski definition) is 2. The third kappa shape index (κ3) is 5.66. The first kappa shape index (κ1) is 16.6. The summed E-state index contributed by atoms with van der Waals surface area (Å²) in [6, 6.07) is 7.55. The lowest BCUT2D eigenvalue weighted by molar-refractivity contribution is 0.0966. The summed E-state index contributed by atoms with van der Waals surface area (Å²) in [5.41, 5.74) is 0.801. The van der Waals surface area contributed by atoms with Crippen molar-refractivity contribution < 1.29 is 4.79 Å². The Bertz CT molecular complexity index is 336. The molecule has 0 aromatic heterocycles. The highest BCUT2D eigenvalue weighted by Crippen LogP contribution is 2.12. The van der Waals surface area contributed by atoms with Gasteiger partial charge in [0.15, 0.2) is 5.78 Å². The molecule has 0 amide bonds. The van der Waals surface area contributed by atoms with Gasteiger partial charge >= 0.3 is 0 Å². The summed E-state index contributed by atoms with van der Waals surface area (Å²) in [7, 11) is 0. The fraction of sp³-hybridized carbons (Fsp3) is 0.462. The molecule has 0 bridgehead atoms. The van der Waals surface area contributed by atoms with Crippen LogP contribution in [-0.2, 0) is 0 Å². The van der Waals surface area contributed by atoms with E-state index in [0.717, 1.165) is 29.7 Å². The molecule has 2 nitrogen and oxygen atoms in total. The Morgan fingerprint density at radius 1 is 1.18 bits per heavy atom. The van der Waals surface area contributed by atoms with Crippen molar-refractivity contribution >= 4 is 34.1 Å². The minimum atomic E-state index is 0. The average molecular weight is 321 g/mol. The maximum atomic E-state index is 11.9. The lowest BCUT2D eigenvalue weighted by Gasteiger charge is -2.16. The molecule has 96 valence electrons. The molecule has 0 aliphatic carbocycles. The summed E-state index contributed by atoms with van der Waals surface area (Å²) in [4.78, 5) is 14.1. The molecule has 0 saturated carbocycles. The van der Waals surface area contributed by atoms with Crippen LogP contribution in [0.1, 0.15) is 30.6 Å². The van der Waals surface area contributed by atoms with Crippen LogP contribution in [0.3, 0.4) is 0 Å². The monoisotopic (exact) mass is 319 g/mol. The summed E-state index contributed by atoms with van der Waals surface area (Å²) in [6.45, 7) is 7.09. The maximum Gasteiger partial charge on any atom is 0.164 e. The van der Waals surface area contributed by atoms with Crippen molar-refractivity contribution in [1.82, 2.24) is 4.90 Å². The van der Waals surface area contributed by atoms with Crippen molar-refractivity contribution in [1.29, 1.82) is 0 Å². The number of hydrogen-bond donors (Lipinski definition) is 0. The largest absolute Gasteiger partial charge is 0.303 e. The topological polar surface area (TPSA) is 20.3 Å². The van der Waals surface area contributed by atoms with Crippen LogP contribution in [0.5, 0.6) is 0 Å². The molecule has 0 atom stereocenters. The molecule has 0 radical (unpaired) electrons. The molecule has 17 heavy (non-hydrogen) atoms. The van der Waals surface area contributed by atoms with Crippen molar-refractivity contribution in [2.45, 2.75) is 20.3 Å². The molecular weight excluding hydrogens is 302 g/mol. The number of halogens is 2. The van der Waals surface area contributed by atoms with E-state index in [-0.39, 0.29) is 18.2 Å². The van der Waals surface area contributed by atoms with Gasteiger partial charge in [0.25, 0.3) is 0 Å². The smallest absolute Gasteiger partial charge is 0.164 e. The van der Waals surface area contributed by atoms with Crippen LogP contribution in [-0.4, -0.2) is 30.3 Å². The molecule has 0 heterocycles. The van der Waals surface area contributed by atoms with Crippen molar-refractivity contribution in [2.24, 2.45) is 0 Å². The number of ketones is 1. The van der Waals surface area contributed by atoms with Gasteiger partial charge < -0.3 is 4.90 Å². The van der Waals surface area contributed by atoms with Gasteiger partial charge in [-0.15, -0.1) is 12.4 Å². The van der Waals surface area contributed by atoms with Gasteiger partial charge in [-0.05, 0) is 25.2 Å². The predicted octanol–water partition coefficient (Wildman–Crippen LogP) is 3.79. The second-order valence-electron chi connectivity index (χ2n) is 3.71. The van der Waals surface area contributed by atoms with E-state index in [1.165, 1.54) is 0 Å². The van der Waals surface area contributed by atoms with E-state index in [4.69, 9.17) is 0 Å². The van der Waals surface area contributed by atoms with E-state index in [1.54, 1.807) is 0 Å². The Morgan fingerprint density at radius 2 is 1.71 bits per heavy atom. The van der Waals surface area contributed by atoms with E-state index in [2.05, 4.69) is 34.7 Å². The van der Waals surface area contributed by atoms with E-state index in [1.807, 2.05) is 24.3 Å². The zero-order chi connectivity index (χ0) is 12.0. The number of carbonyl (C=O) groups is 1. The lowest BCUT2D eigenvalue weighted by Crippen LogP contribution is -2.25. The van der Waals surface area contributed by atoms with Crippen molar-refractivity contribution in [2.75, 3.05) is 19.6 Å². The normalized spacial score (nSPS) is 10.1. The quantitative estimate of drug-likeness (QED) is 0.743. The van der Waals surface area contributed by atoms with Gasteiger partial charge in [0.1, 0.15) is 0 Å². The Labute approximate surface area is 118 Å². The van der Waals surface area contributed by atoms with Crippen LogP contribution in [0.15, 0.2) is 28.7 Å². The van der Waals surface area contributed by atoms with Gasteiger partial charge in [-0.1, -0.05) is 41.9 Å². The summed E-state index contributed by atoms with van der Waals surface area (Å²) >= 11 is 3.36. The molecule has 0 spiro atoms. The third-order valence-corrected chi connectivity index (χ3v) is 3.24. The van der Waals surface area contributed by atoms with Crippen LogP contribution in [0.4, 0.5) is 0 Å². The molecule has 1 aromatic carbocycles. The van der Waals surface area contributed by atoms with E-state index >= 15 is 0 Å². The van der Waals surface area contributed by atoms with Gasteiger partial charge in [-0.3, -0.25) is 4.79 Å². The van der Waals surface area contributed by atoms with Crippen LogP contribution < -0.4 is 0 Å². The molecule has 0 aliphatic rings. The van der Waals surface area contributed by atoms with Gasteiger partial charge in [0.05, 0.1) is 0 Å². The average Bonchev–Trinajstić information content (AvgIpc) is 2.31. The van der Waals surface area contributed by atoms with Crippen LogP contribution in [0.2, 0.25) is 0 Å². The highest BCUT2D eigenvalue weighted by Gasteiger charge is 2.07. The molecule has 1 rings (SSSR count). The molecule has 0 fully saturated rings. The first-order chi connectivity index (χ1) is 7.67. The summed E-state index contributed by atoms with van der Waals surface area (Å²) < 4.78 is 1.01. The van der Waals surface area contributed by atoms with Crippen molar-refractivity contribution in [3.05, 3.63) is 34.3 Å². The summed E-state index contributed by atoms with van der Waals surface area (Å²) in [5.74, 6) is 0.222. The third-order valence-electron chi connectivity index (χ3n) is 2.72. The Hall–Kier alpha value is -0.380. The van der Waals surface area contributed by atoms with Crippen LogP contribution >= 0.6 is 28.3 Å². The zero-order valence-electron chi connectivity index (χ0n) is 10.3. The van der Waals surface area contributed by atoms with E-state index < -0.39 is 0 Å². The second kappa shape index (κ2) is 8.67. The minimum Gasteiger partial charge on any atom is -0.303 e. The fourth-order valence-electron chi connectivity index (χ4n) is 1.58. The standard InChI is InChI=1S/C13H18BrNO.ClH/c1-3-15(4-2)10-9-13(16)11-5-7-12(14)8-6-11;/h5-8H,3-4,9-10H2,1-2H3;1H. The highest BCUT2D eigenvalue weighted by atomic mass is 79.9. The molecule has 0 aliphatic heterocycles. The number of rotatable bonds is 6. The maximum absolute atomic E-state index is 11.9. The first-order valence-corrected chi connectivity index (χ1v) is 6.47. The molecule has 0 saturated heterocycles. The Morgan fingerprint density at radius 3 is 2.18 bits per heavy atom. The number of carbonyl (C=O) groups excluding carboxylic acids is 1. The number of nitrogens with zero attached hydrogens (tertiary/aromatic N) is 1. The molecule has 4 heteroatoms. The molecular formula is C13H19BrClNO. The number of benzene rings is 1. The fourth-order valence-corrected chi connectivity index (χ4v) is 1.84. The predicted molar refractivity (Wildman–Crippen MR) is 78.1 cm³/mol. The highest BCUT2D eigenvalue weighted by molar-refractivity contribution is 9.10. The van der Waals surface area contributed by atoms with Crippen LogP contribution in [0.25, 0.3) is 0 Å². The Kier molecular flexibility index (Phi) is 8.48. The van der Waals surface area contributed by atoms with Gasteiger partial charge in [-0.25, -0.2) is 0 Å². The summed E-state index contributed by atoms with van der Waals surface area (Å²) in [6.07, 6.45) is 0.601. The SMILES string of the molecule is CCN(CC)CCC(=O)c1ccc(Br)cc1.Cl. The zero-order valence-corrected chi connectivity index (χ0v) is 12.7. The van der Waals surface area contributed by atoms with Crippen LogP contribution in [0, 0.1) is 0 Å². The lowest BCUT2D eigenvalue weighted by atomic mass is 10.1. The van der Waals surface area contributed by atoms with Gasteiger partial charge in [0.2, 0.25) is 0 Å². The molecule has 0 N–H and O–H groups in total. The molecule has 0 unspecified atom stereocenters. The minimum absolute atomic E-state index is 0. The molecule has 1 aromatic rings. The van der Waals surface area contributed by atoms with Gasteiger partial charge in [0, 0.05) is 23.0 Å². The van der Waals surface area contributed by atoms with Crippen molar-refractivity contribution in [3.8, 4) is 0 Å². The number of Topliss-reactive ketones (excluding diaryl/α,β-unsaturated/α-hetero) is 1. The van der Waals surface area contributed by atoms with E-state index in [9.17, 15) is 4.79 Å².